The Balaban J connectivity index is 2.03. The number of benzene rings is 2. The summed E-state index contributed by atoms with van der Waals surface area (Å²) < 4.78 is 5.08. The molecule has 2 amide bonds. The Labute approximate surface area is 181 Å². The van der Waals surface area contributed by atoms with Gasteiger partial charge in [0.25, 0.3) is 0 Å². The maximum Gasteiger partial charge on any atom is 0.408 e. The van der Waals surface area contributed by atoms with Gasteiger partial charge in [-0.25, -0.2) is 9.59 Å². The van der Waals surface area contributed by atoms with Crippen molar-refractivity contribution in [2.45, 2.75) is 52.0 Å². The number of aliphatic carboxylic acids is 1. The topological polar surface area (TPSA) is 125 Å². The molecule has 31 heavy (non-hydrogen) atoms. The molecule has 2 aromatic carbocycles. The van der Waals surface area contributed by atoms with Gasteiger partial charge in [-0.05, 0) is 43.0 Å². The molecule has 4 N–H and O–H groups in total. The van der Waals surface area contributed by atoms with Gasteiger partial charge >= 0.3 is 12.1 Å². The monoisotopic (exact) mass is 428 g/mol. The van der Waals surface area contributed by atoms with Crippen LogP contribution in [0.2, 0.25) is 0 Å². The first-order valence-corrected chi connectivity index (χ1v) is 9.92. The molecule has 0 bridgehead atoms. The quantitative estimate of drug-likeness (QED) is 0.485. The molecule has 0 aliphatic heterocycles. The van der Waals surface area contributed by atoms with Crippen molar-refractivity contribution in [1.82, 2.24) is 10.6 Å². The molecule has 8 nitrogen and oxygen atoms in total. The molecule has 2 aromatic rings. The summed E-state index contributed by atoms with van der Waals surface area (Å²) in [4.78, 5) is 36.5. The third-order valence-corrected chi connectivity index (χ3v) is 4.92. The van der Waals surface area contributed by atoms with Crippen LogP contribution >= 0.6 is 0 Å². The molecule has 0 unspecified atom stereocenters. The number of amides is 2. The van der Waals surface area contributed by atoms with Crippen molar-refractivity contribution in [2.24, 2.45) is 0 Å². The predicted molar refractivity (Wildman–Crippen MR) is 114 cm³/mol. The van der Waals surface area contributed by atoms with E-state index in [0.717, 1.165) is 22.3 Å². The summed E-state index contributed by atoms with van der Waals surface area (Å²) in [5, 5.41) is 24.3. The third kappa shape index (κ3) is 7.11. The van der Waals surface area contributed by atoms with Crippen LogP contribution in [-0.4, -0.2) is 46.4 Å². The molecule has 0 aliphatic carbocycles. The van der Waals surface area contributed by atoms with Crippen molar-refractivity contribution >= 4 is 18.0 Å². The van der Waals surface area contributed by atoms with Crippen LogP contribution < -0.4 is 10.6 Å². The molecular weight excluding hydrogens is 400 g/mol. The summed E-state index contributed by atoms with van der Waals surface area (Å²) in [5.41, 5.74) is 3.40. The highest BCUT2D eigenvalue weighted by Crippen LogP contribution is 2.16. The minimum absolute atomic E-state index is 0.00880. The second kappa shape index (κ2) is 11.1. The molecule has 166 valence electrons. The normalized spacial score (nSPS) is 13.5. The Morgan fingerprint density at radius 2 is 1.58 bits per heavy atom. The molecule has 0 spiro atoms. The minimum Gasteiger partial charge on any atom is -0.480 e. The number of ether oxygens (including phenoxy) is 1. The van der Waals surface area contributed by atoms with Gasteiger partial charge in [0.1, 0.15) is 18.7 Å². The summed E-state index contributed by atoms with van der Waals surface area (Å²) in [6.07, 6.45) is -2.09. The fraction of sp³-hybridized carbons (Fsp3) is 0.348. The maximum absolute atomic E-state index is 12.7. The van der Waals surface area contributed by atoms with E-state index in [4.69, 9.17) is 4.74 Å². The predicted octanol–water partition coefficient (Wildman–Crippen LogP) is 2.09. The number of rotatable bonds is 9. The van der Waals surface area contributed by atoms with Crippen molar-refractivity contribution in [3.05, 3.63) is 70.8 Å². The number of aliphatic hydroxyl groups is 1. The minimum atomic E-state index is -1.37. The molecule has 0 heterocycles. The number of hydrogen-bond acceptors (Lipinski definition) is 5. The molecule has 0 saturated heterocycles. The highest BCUT2D eigenvalue weighted by molar-refractivity contribution is 5.89. The molecule has 0 saturated carbocycles. The molecule has 3 atom stereocenters. The molecule has 2 rings (SSSR count). The Morgan fingerprint density at radius 1 is 0.968 bits per heavy atom. The number of carbonyl (C=O) groups is 3. The number of carboxylic acids is 1. The Hall–Kier alpha value is -3.39. The SMILES string of the molecule is Cc1cccc(C)c1C[C@@H](NC(=O)[C@@H](NC(=O)OCc1ccccc1)[C@@H](C)O)C(=O)O. The van der Waals surface area contributed by atoms with E-state index >= 15 is 0 Å². The summed E-state index contributed by atoms with van der Waals surface area (Å²) in [7, 11) is 0. The molecule has 0 aliphatic rings. The first-order valence-electron chi connectivity index (χ1n) is 9.92. The number of alkyl carbamates (subject to hydrolysis) is 1. The first-order chi connectivity index (χ1) is 14.7. The van der Waals surface area contributed by atoms with Gasteiger partial charge in [-0.1, -0.05) is 48.5 Å². The van der Waals surface area contributed by atoms with E-state index in [9.17, 15) is 24.6 Å². The highest BCUT2D eigenvalue weighted by Gasteiger charge is 2.30. The van der Waals surface area contributed by atoms with E-state index in [1.54, 1.807) is 24.3 Å². The van der Waals surface area contributed by atoms with Crippen LogP contribution in [0.1, 0.15) is 29.2 Å². The molecule has 0 radical (unpaired) electrons. The highest BCUT2D eigenvalue weighted by atomic mass is 16.5. The second-order valence-corrected chi connectivity index (χ2v) is 7.40. The zero-order chi connectivity index (χ0) is 23.0. The smallest absolute Gasteiger partial charge is 0.408 e. The van der Waals surface area contributed by atoms with E-state index in [1.165, 1.54) is 6.92 Å². The number of nitrogens with one attached hydrogen (secondary N) is 2. The lowest BCUT2D eigenvalue weighted by molar-refractivity contribution is -0.142. The number of carboxylic acid groups (broad SMARTS) is 1. The van der Waals surface area contributed by atoms with Crippen molar-refractivity contribution in [3.63, 3.8) is 0 Å². The average Bonchev–Trinajstić information content (AvgIpc) is 2.72. The van der Waals surface area contributed by atoms with Crippen LogP contribution in [-0.2, 0) is 27.4 Å². The van der Waals surface area contributed by atoms with Crippen molar-refractivity contribution in [2.75, 3.05) is 0 Å². The van der Waals surface area contributed by atoms with Gasteiger partial charge in [0, 0.05) is 6.42 Å². The van der Waals surface area contributed by atoms with Crippen LogP contribution in [0.25, 0.3) is 0 Å². The van der Waals surface area contributed by atoms with Crippen molar-refractivity contribution in [3.8, 4) is 0 Å². The number of carbonyl (C=O) groups excluding carboxylic acids is 2. The van der Waals surface area contributed by atoms with E-state index in [1.807, 2.05) is 38.1 Å². The summed E-state index contributed by atoms with van der Waals surface area (Å²) in [6, 6.07) is 12.0. The number of hydrogen-bond donors (Lipinski definition) is 4. The Kier molecular flexibility index (Phi) is 8.57. The summed E-state index contributed by atoms with van der Waals surface area (Å²) >= 11 is 0. The Bertz CT molecular complexity index is 893. The van der Waals surface area contributed by atoms with E-state index in [2.05, 4.69) is 10.6 Å². The van der Waals surface area contributed by atoms with Crippen LogP contribution in [0.3, 0.4) is 0 Å². The summed E-state index contributed by atoms with van der Waals surface area (Å²) in [5.74, 6) is -2.03. The molecule has 0 fully saturated rings. The average molecular weight is 428 g/mol. The van der Waals surface area contributed by atoms with Crippen molar-refractivity contribution < 1.29 is 29.3 Å². The standard InChI is InChI=1S/C23H28N2O6/c1-14-8-7-9-15(2)18(14)12-19(22(28)29)24-21(27)20(16(3)26)25-23(30)31-13-17-10-5-4-6-11-17/h4-11,16,19-20,26H,12-13H2,1-3H3,(H,24,27)(H,25,30)(H,28,29)/t16-,19-,20+/m1/s1. The zero-order valence-corrected chi connectivity index (χ0v) is 17.8. The van der Waals surface area contributed by atoms with Gasteiger partial charge in [0.2, 0.25) is 5.91 Å². The Morgan fingerprint density at radius 3 is 2.13 bits per heavy atom. The van der Waals surface area contributed by atoms with Gasteiger partial charge in [0.15, 0.2) is 0 Å². The third-order valence-electron chi connectivity index (χ3n) is 4.92. The zero-order valence-electron chi connectivity index (χ0n) is 17.8. The summed E-state index contributed by atoms with van der Waals surface area (Å²) in [6.45, 7) is 5.05. The molecule has 8 heteroatoms. The van der Waals surface area contributed by atoms with Gasteiger partial charge < -0.3 is 25.6 Å². The van der Waals surface area contributed by atoms with Gasteiger partial charge in [-0.15, -0.1) is 0 Å². The number of aryl methyl sites for hydroxylation is 2. The van der Waals surface area contributed by atoms with Crippen LogP contribution in [0, 0.1) is 13.8 Å². The van der Waals surface area contributed by atoms with Gasteiger partial charge in [-0.2, -0.15) is 0 Å². The first kappa shape index (κ1) is 23.9. The fourth-order valence-electron chi connectivity index (χ4n) is 3.13. The lowest BCUT2D eigenvalue weighted by atomic mass is 9.96. The largest absolute Gasteiger partial charge is 0.480 e. The van der Waals surface area contributed by atoms with Crippen LogP contribution in [0.5, 0.6) is 0 Å². The van der Waals surface area contributed by atoms with Gasteiger partial charge in [0.05, 0.1) is 6.10 Å². The van der Waals surface area contributed by atoms with E-state index < -0.39 is 36.2 Å². The van der Waals surface area contributed by atoms with Crippen molar-refractivity contribution in [1.29, 1.82) is 0 Å². The lowest BCUT2D eigenvalue weighted by Crippen LogP contribution is -2.56. The fourth-order valence-corrected chi connectivity index (χ4v) is 3.13. The second-order valence-electron chi connectivity index (χ2n) is 7.40. The van der Waals surface area contributed by atoms with E-state index in [0.29, 0.717) is 0 Å². The maximum atomic E-state index is 12.7. The van der Waals surface area contributed by atoms with Crippen LogP contribution in [0.4, 0.5) is 4.79 Å². The van der Waals surface area contributed by atoms with E-state index in [-0.39, 0.29) is 13.0 Å². The molecular formula is C23H28N2O6. The van der Waals surface area contributed by atoms with Gasteiger partial charge in [-0.3, -0.25) is 4.79 Å². The van der Waals surface area contributed by atoms with Crippen LogP contribution in [0.15, 0.2) is 48.5 Å². The molecule has 0 aromatic heterocycles. The lowest BCUT2D eigenvalue weighted by Gasteiger charge is -2.24. The number of aliphatic hydroxyl groups excluding tert-OH is 1.